The number of amides is 3. The molecule has 0 aromatic heterocycles. The summed E-state index contributed by atoms with van der Waals surface area (Å²) in [5, 5.41) is 23.1. The molecule has 32 heavy (non-hydrogen) atoms. The topological polar surface area (TPSA) is 136 Å². The van der Waals surface area contributed by atoms with Crippen LogP contribution in [0.25, 0.3) is 4.98 Å². The molecule has 1 fully saturated rings. The number of nitrogens with zero attached hydrogens (tertiary/aromatic N) is 3. The van der Waals surface area contributed by atoms with Crippen molar-refractivity contribution < 1.29 is 24.2 Å². The fraction of sp³-hybridized carbons (Fsp3) is 0.500. The molecule has 0 radical (unpaired) electrons. The van der Waals surface area contributed by atoms with E-state index in [9.17, 15) is 19.5 Å². The maximum absolute atomic E-state index is 13.3. The molecule has 2 rings (SSSR count). The Bertz CT molecular complexity index is 867. The molecule has 172 valence electrons. The van der Waals surface area contributed by atoms with E-state index in [0.29, 0.717) is 25.8 Å². The zero-order valence-corrected chi connectivity index (χ0v) is 18.4. The lowest BCUT2D eigenvalue weighted by Gasteiger charge is -2.31. The largest absolute Gasteiger partial charge is 0.504 e. The van der Waals surface area contributed by atoms with Gasteiger partial charge in [0.15, 0.2) is 10.7 Å². The molecule has 10 heteroatoms. The van der Waals surface area contributed by atoms with Gasteiger partial charge in [0.2, 0.25) is 17.2 Å². The van der Waals surface area contributed by atoms with Gasteiger partial charge in [0, 0.05) is 6.54 Å². The molecule has 0 spiro atoms. The van der Waals surface area contributed by atoms with Gasteiger partial charge in [-0.3, -0.25) is 9.59 Å². The minimum atomic E-state index is -0.835. The third kappa shape index (κ3) is 6.97. The van der Waals surface area contributed by atoms with E-state index in [-0.39, 0.29) is 30.7 Å². The zero-order valence-electron chi connectivity index (χ0n) is 18.4. The molecule has 1 saturated heterocycles. The lowest BCUT2D eigenvalue weighted by atomic mass is 9.97. The first-order valence-electron chi connectivity index (χ1n) is 10.6. The molecule has 1 aliphatic heterocycles. The molecule has 3 atom stereocenters. The van der Waals surface area contributed by atoms with Crippen molar-refractivity contribution in [2.75, 3.05) is 13.1 Å². The van der Waals surface area contributed by atoms with Crippen LogP contribution in [0.3, 0.4) is 0 Å². The smallest absolute Gasteiger partial charge is 0.408 e. The Morgan fingerprint density at radius 1 is 1.34 bits per heavy atom. The summed E-state index contributed by atoms with van der Waals surface area (Å²) in [7, 11) is 0. The van der Waals surface area contributed by atoms with Crippen molar-refractivity contribution in [2.45, 2.75) is 51.8 Å². The summed E-state index contributed by atoms with van der Waals surface area (Å²) in [6.07, 6.45) is 1.86. The van der Waals surface area contributed by atoms with Crippen molar-refractivity contribution in [3.63, 3.8) is 0 Å². The molecule has 1 heterocycles. The molecule has 3 N–H and O–H groups in total. The Kier molecular flexibility index (Phi) is 9.47. The van der Waals surface area contributed by atoms with E-state index < -0.39 is 24.1 Å². The highest BCUT2D eigenvalue weighted by Crippen LogP contribution is 2.21. The second kappa shape index (κ2) is 12.3. The quantitative estimate of drug-likeness (QED) is 0.396. The summed E-state index contributed by atoms with van der Waals surface area (Å²) < 4.78 is 5.26. The average molecular weight is 445 g/mol. The minimum Gasteiger partial charge on any atom is -0.504 e. The minimum absolute atomic E-state index is 0.0833. The predicted molar refractivity (Wildman–Crippen MR) is 117 cm³/mol. The lowest BCUT2D eigenvalue weighted by Crippen LogP contribution is -2.55. The molecule has 0 unspecified atom stereocenters. The normalized spacial score (nSPS) is 17.7. The van der Waals surface area contributed by atoms with Gasteiger partial charge in [-0.1, -0.05) is 50.6 Å². The number of benzene rings is 1. The number of ether oxygens (including phenoxy) is 1. The van der Waals surface area contributed by atoms with E-state index in [1.807, 2.05) is 44.2 Å². The van der Waals surface area contributed by atoms with E-state index >= 15 is 0 Å². The van der Waals surface area contributed by atoms with E-state index in [0.717, 1.165) is 11.8 Å². The average Bonchev–Trinajstić information content (AvgIpc) is 3.29. The SMILES string of the molecule is CC[C@H](C)[C@H](NC(=O)OCc1ccccc1)C(=O)N1CCC[C@H]1C(=O)NC/C(O)=C/[N+]#N. The van der Waals surface area contributed by atoms with Crippen LogP contribution in [0.5, 0.6) is 0 Å². The summed E-state index contributed by atoms with van der Waals surface area (Å²) in [6.45, 7) is 4.02. The van der Waals surface area contributed by atoms with Gasteiger partial charge in [0.05, 0.1) is 6.54 Å². The second-order valence-corrected chi connectivity index (χ2v) is 7.71. The van der Waals surface area contributed by atoms with Gasteiger partial charge in [-0.15, -0.1) is 0 Å². The fourth-order valence-corrected chi connectivity index (χ4v) is 3.46. The number of carbonyl (C=O) groups excluding carboxylic acids is 3. The molecule has 1 aliphatic rings. The number of aliphatic hydroxyl groups is 1. The van der Waals surface area contributed by atoms with E-state index in [1.165, 1.54) is 4.90 Å². The highest BCUT2D eigenvalue weighted by Gasteiger charge is 2.39. The first-order chi connectivity index (χ1) is 15.4. The van der Waals surface area contributed by atoms with Crippen LogP contribution in [-0.2, 0) is 20.9 Å². The van der Waals surface area contributed by atoms with Gasteiger partial charge >= 0.3 is 12.3 Å². The Hall–Kier alpha value is -3.61. The number of aliphatic hydroxyl groups excluding tert-OH is 1. The van der Waals surface area contributed by atoms with Crippen LogP contribution in [0, 0.1) is 11.3 Å². The molecule has 3 amide bonds. The standard InChI is InChI=1S/C22H29N5O5/c1-3-15(2)19(26-22(31)32-14-16-8-5-4-6-9-16)21(30)27-11-7-10-18(27)20(29)24-12-17(28)13-25-23/h4-6,8-9,13,15,18-19H,3,7,10-12,14H2,1-2H3,(H2-,24,26,28,29,31)/p+1/b17-13-/t15-,18-,19-/m0/s1. The van der Waals surface area contributed by atoms with Gasteiger partial charge in [-0.25, -0.2) is 4.79 Å². The molecular weight excluding hydrogens is 414 g/mol. The van der Waals surface area contributed by atoms with Crippen LogP contribution >= 0.6 is 0 Å². The Morgan fingerprint density at radius 3 is 2.72 bits per heavy atom. The summed E-state index contributed by atoms with van der Waals surface area (Å²) in [5.74, 6) is -1.27. The Morgan fingerprint density at radius 2 is 2.06 bits per heavy atom. The molecular formula is C22H30N5O5+. The summed E-state index contributed by atoms with van der Waals surface area (Å²) in [6, 6.07) is 7.67. The number of diazo groups is 1. The number of rotatable bonds is 9. The van der Waals surface area contributed by atoms with Crippen molar-refractivity contribution in [2.24, 2.45) is 5.92 Å². The summed E-state index contributed by atoms with van der Waals surface area (Å²) >= 11 is 0. The summed E-state index contributed by atoms with van der Waals surface area (Å²) in [5.41, 5.74) is 0.830. The van der Waals surface area contributed by atoms with Gasteiger partial charge in [-0.05, 0) is 24.3 Å². The van der Waals surface area contributed by atoms with Gasteiger partial charge in [-0.2, -0.15) is 0 Å². The molecule has 0 saturated carbocycles. The van der Waals surface area contributed by atoms with Crippen LogP contribution in [-0.4, -0.2) is 53.1 Å². The van der Waals surface area contributed by atoms with Gasteiger partial charge in [0.25, 0.3) is 0 Å². The third-order valence-electron chi connectivity index (χ3n) is 5.45. The number of hydrogen-bond donors (Lipinski definition) is 3. The van der Waals surface area contributed by atoms with Crippen molar-refractivity contribution in [3.8, 4) is 0 Å². The number of nitrogens with one attached hydrogen (secondary N) is 2. The maximum Gasteiger partial charge on any atom is 0.408 e. The number of likely N-dealkylation sites (tertiary alicyclic amines) is 1. The number of alkyl carbamates (subject to hydrolysis) is 1. The highest BCUT2D eigenvalue weighted by molar-refractivity contribution is 5.92. The Labute approximate surface area is 187 Å². The number of hydrogen-bond acceptors (Lipinski definition) is 6. The zero-order chi connectivity index (χ0) is 23.5. The van der Waals surface area contributed by atoms with E-state index in [1.54, 1.807) is 0 Å². The Balaban J connectivity index is 2.02. The van der Waals surface area contributed by atoms with Crippen molar-refractivity contribution in [3.05, 3.63) is 52.8 Å². The first-order valence-corrected chi connectivity index (χ1v) is 10.6. The monoisotopic (exact) mass is 444 g/mol. The maximum atomic E-state index is 13.3. The molecule has 1 aromatic rings. The second-order valence-electron chi connectivity index (χ2n) is 7.71. The molecule has 10 nitrogen and oxygen atoms in total. The van der Waals surface area contributed by atoms with Crippen LogP contribution in [0.2, 0.25) is 0 Å². The molecule has 0 bridgehead atoms. The molecule has 0 aliphatic carbocycles. The van der Waals surface area contributed by atoms with E-state index in [2.05, 4.69) is 15.6 Å². The predicted octanol–water partition coefficient (Wildman–Crippen LogP) is 2.69. The van der Waals surface area contributed by atoms with Crippen LogP contribution < -0.4 is 10.6 Å². The third-order valence-corrected chi connectivity index (χ3v) is 5.45. The fourth-order valence-electron chi connectivity index (χ4n) is 3.46. The van der Waals surface area contributed by atoms with E-state index in [4.69, 9.17) is 10.1 Å². The number of carbonyl (C=O) groups is 3. The van der Waals surface area contributed by atoms with Crippen molar-refractivity contribution in [1.29, 1.82) is 5.39 Å². The van der Waals surface area contributed by atoms with Crippen LogP contribution in [0.1, 0.15) is 38.7 Å². The van der Waals surface area contributed by atoms with Crippen LogP contribution in [0.4, 0.5) is 4.79 Å². The molecule has 1 aromatic carbocycles. The van der Waals surface area contributed by atoms with Crippen molar-refractivity contribution in [1.82, 2.24) is 15.5 Å². The highest BCUT2D eigenvalue weighted by atomic mass is 16.5. The van der Waals surface area contributed by atoms with Gasteiger partial charge < -0.3 is 25.4 Å². The lowest BCUT2D eigenvalue weighted by molar-refractivity contribution is -0.140. The summed E-state index contributed by atoms with van der Waals surface area (Å²) in [4.78, 5) is 42.4. The van der Waals surface area contributed by atoms with Crippen molar-refractivity contribution >= 4 is 17.9 Å². The van der Waals surface area contributed by atoms with Gasteiger partial charge in [0.1, 0.15) is 18.7 Å². The van der Waals surface area contributed by atoms with Crippen LogP contribution in [0.15, 0.2) is 42.3 Å². The first kappa shape index (κ1) is 24.7.